The molecule has 0 aromatic heterocycles. The highest BCUT2D eigenvalue weighted by Crippen LogP contribution is 2.56. The molecule has 5 rings (SSSR count). The van der Waals surface area contributed by atoms with Gasteiger partial charge in [-0.1, -0.05) is 48.5 Å². The summed E-state index contributed by atoms with van der Waals surface area (Å²) < 4.78 is 12.0. The Bertz CT molecular complexity index is 1010. The van der Waals surface area contributed by atoms with Crippen LogP contribution < -0.4 is 10.5 Å². The average molecular weight is 315 g/mol. The maximum Gasteiger partial charge on any atom is 0.340 e. The van der Waals surface area contributed by atoms with E-state index in [2.05, 4.69) is 0 Å². The normalized spacial score (nSPS) is 19.9. The fraction of sp³-hybridized carbons (Fsp3) is 0.0500. The summed E-state index contributed by atoms with van der Waals surface area (Å²) in [4.78, 5) is 12.5. The second-order valence-corrected chi connectivity index (χ2v) is 5.94. The van der Waals surface area contributed by atoms with E-state index in [0.717, 1.165) is 16.7 Å². The zero-order chi connectivity index (χ0) is 16.3. The molecule has 0 aliphatic carbocycles. The van der Waals surface area contributed by atoms with Gasteiger partial charge < -0.3 is 15.2 Å². The second kappa shape index (κ2) is 4.38. The number of anilines is 1. The van der Waals surface area contributed by atoms with Crippen molar-refractivity contribution in [3.8, 4) is 11.5 Å². The SMILES string of the molecule is Nc1cccc2c1Oc1ccccc1C21OC(=O)c2ccccc21. The minimum absolute atomic E-state index is 0.337. The van der Waals surface area contributed by atoms with Gasteiger partial charge in [0, 0.05) is 16.7 Å². The molecule has 2 heterocycles. The van der Waals surface area contributed by atoms with E-state index in [1.807, 2.05) is 54.6 Å². The zero-order valence-corrected chi connectivity index (χ0v) is 12.7. The van der Waals surface area contributed by atoms with Crippen molar-refractivity contribution in [2.24, 2.45) is 0 Å². The summed E-state index contributed by atoms with van der Waals surface area (Å²) in [6.07, 6.45) is 0. The Kier molecular flexibility index (Phi) is 2.41. The van der Waals surface area contributed by atoms with E-state index in [0.29, 0.717) is 22.7 Å². The van der Waals surface area contributed by atoms with Crippen molar-refractivity contribution in [1.29, 1.82) is 0 Å². The van der Waals surface area contributed by atoms with Crippen LogP contribution in [0.5, 0.6) is 11.5 Å². The van der Waals surface area contributed by atoms with Gasteiger partial charge in [-0.15, -0.1) is 0 Å². The third-order valence-corrected chi connectivity index (χ3v) is 4.68. The van der Waals surface area contributed by atoms with Crippen molar-refractivity contribution in [2.45, 2.75) is 5.60 Å². The van der Waals surface area contributed by atoms with Gasteiger partial charge in [0.2, 0.25) is 0 Å². The van der Waals surface area contributed by atoms with Crippen LogP contribution in [-0.2, 0) is 10.3 Å². The summed E-state index contributed by atoms with van der Waals surface area (Å²) in [5.41, 5.74) is 8.58. The number of carbonyl (C=O) groups is 1. The number of ether oxygens (including phenoxy) is 2. The van der Waals surface area contributed by atoms with Gasteiger partial charge in [-0.3, -0.25) is 0 Å². The van der Waals surface area contributed by atoms with Gasteiger partial charge in [0.25, 0.3) is 0 Å². The highest BCUT2D eigenvalue weighted by molar-refractivity contribution is 5.97. The van der Waals surface area contributed by atoms with Gasteiger partial charge in [-0.05, 0) is 18.2 Å². The lowest BCUT2D eigenvalue weighted by Gasteiger charge is -2.36. The van der Waals surface area contributed by atoms with Gasteiger partial charge >= 0.3 is 5.97 Å². The van der Waals surface area contributed by atoms with E-state index >= 15 is 0 Å². The van der Waals surface area contributed by atoms with Gasteiger partial charge in [0.1, 0.15) is 5.75 Å². The Hall–Kier alpha value is -3.27. The first-order valence-electron chi connectivity index (χ1n) is 7.71. The number of benzene rings is 3. The van der Waals surface area contributed by atoms with Crippen LogP contribution in [0, 0.1) is 0 Å². The van der Waals surface area contributed by atoms with E-state index in [1.165, 1.54) is 0 Å². The minimum Gasteiger partial charge on any atom is -0.454 e. The first-order valence-corrected chi connectivity index (χ1v) is 7.71. The number of esters is 1. The molecule has 2 N–H and O–H groups in total. The highest BCUT2D eigenvalue weighted by atomic mass is 16.6. The quantitative estimate of drug-likeness (QED) is 0.506. The monoisotopic (exact) mass is 315 g/mol. The predicted octanol–water partition coefficient (Wildman–Crippen LogP) is 3.84. The van der Waals surface area contributed by atoms with Gasteiger partial charge in [0.05, 0.1) is 11.3 Å². The number of rotatable bonds is 0. The summed E-state index contributed by atoms with van der Waals surface area (Å²) in [5.74, 6) is 0.851. The number of nitrogens with two attached hydrogens (primary N) is 1. The fourth-order valence-electron chi connectivity index (χ4n) is 3.66. The van der Waals surface area contributed by atoms with Crippen molar-refractivity contribution in [3.63, 3.8) is 0 Å². The van der Waals surface area contributed by atoms with Crippen molar-refractivity contribution in [2.75, 3.05) is 5.73 Å². The molecule has 2 aliphatic heterocycles. The molecule has 0 bridgehead atoms. The standard InChI is InChI=1S/C20H13NO3/c21-16-10-5-9-15-18(16)23-17-11-4-3-8-14(17)20(15)13-7-2-1-6-12(13)19(22)24-20/h1-11H,21H2. The molecule has 0 radical (unpaired) electrons. The van der Waals surface area contributed by atoms with Crippen LogP contribution in [0.15, 0.2) is 66.7 Å². The molecule has 4 heteroatoms. The van der Waals surface area contributed by atoms with Crippen LogP contribution >= 0.6 is 0 Å². The minimum atomic E-state index is -1.02. The molecule has 1 unspecified atom stereocenters. The molecule has 0 saturated heterocycles. The second-order valence-electron chi connectivity index (χ2n) is 5.94. The molecule has 4 nitrogen and oxygen atoms in total. The lowest BCUT2D eigenvalue weighted by atomic mass is 9.77. The molecule has 1 spiro atoms. The number of nitrogen functional groups attached to an aromatic ring is 1. The summed E-state index contributed by atoms with van der Waals surface area (Å²) >= 11 is 0. The fourth-order valence-corrected chi connectivity index (χ4v) is 3.66. The average Bonchev–Trinajstić information content (AvgIpc) is 2.91. The third-order valence-electron chi connectivity index (χ3n) is 4.68. The summed E-state index contributed by atoms with van der Waals surface area (Å²) in [7, 11) is 0. The molecule has 0 saturated carbocycles. The Morgan fingerprint density at radius 3 is 2.38 bits per heavy atom. The summed E-state index contributed by atoms with van der Waals surface area (Å²) in [6, 6.07) is 20.6. The summed E-state index contributed by atoms with van der Waals surface area (Å²) in [5, 5.41) is 0. The van der Waals surface area contributed by atoms with Crippen LogP contribution in [0.4, 0.5) is 5.69 Å². The molecule has 0 amide bonds. The highest BCUT2D eigenvalue weighted by Gasteiger charge is 2.53. The molecular formula is C20H13NO3. The number of para-hydroxylation sites is 2. The van der Waals surface area contributed by atoms with Crippen molar-refractivity contribution < 1.29 is 14.3 Å². The van der Waals surface area contributed by atoms with Crippen LogP contribution in [-0.4, -0.2) is 5.97 Å². The van der Waals surface area contributed by atoms with Crippen LogP contribution in [0.2, 0.25) is 0 Å². The van der Waals surface area contributed by atoms with Crippen molar-refractivity contribution >= 4 is 11.7 Å². The number of hydrogen-bond acceptors (Lipinski definition) is 4. The Labute approximate surface area is 138 Å². The van der Waals surface area contributed by atoms with E-state index in [1.54, 1.807) is 12.1 Å². The van der Waals surface area contributed by atoms with E-state index in [9.17, 15) is 4.79 Å². The van der Waals surface area contributed by atoms with Crippen molar-refractivity contribution in [3.05, 3.63) is 89.0 Å². The Morgan fingerprint density at radius 2 is 1.50 bits per heavy atom. The topological polar surface area (TPSA) is 61.6 Å². The van der Waals surface area contributed by atoms with E-state index in [4.69, 9.17) is 15.2 Å². The molecule has 3 aromatic rings. The first-order chi connectivity index (χ1) is 11.7. The molecule has 2 aliphatic rings. The molecule has 24 heavy (non-hydrogen) atoms. The third kappa shape index (κ3) is 1.45. The lowest BCUT2D eigenvalue weighted by Crippen LogP contribution is -2.33. The van der Waals surface area contributed by atoms with Gasteiger partial charge in [-0.2, -0.15) is 0 Å². The smallest absolute Gasteiger partial charge is 0.340 e. The molecule has 1 atom stereocenters. The lowest BCUT2D eigenvalue weighted by molar-refractivity contribution is 0.0225. The van der Waals surface area contributed by atoms with E-state index in [-0.39, 0.29) is 5.97 Å². The number of hydrogen-bond donors (Lipinski definition) is 1. The van der Waals surface area contributed by atoms with E-state index < -0.39 is 5.60 Å². The van der Waals surface area contributed by atoms with Crippen molar-refractivity contribution in [1.82, 2.24) is 0 Å². The van der Waals surface area contributed by atoms with Gasteiger partial charge in [-0.25, -0.2) is 4.79 Å². The number of fused-ring (bicyclic) bond motifs is 6. The Morgan fingerprint density at radius 1 is 0.792 bits per heavy atom. The van der Waals surface area contributed by atoms with Crippen LogP contribution in [0.25, 0.3) is 0 Å². The Balaban J connectivity index is 1.94. The number of carbonyl (C=O) groups excluding carboxylic acids is 1. The summed E-state index contributed by atoms with van der Waals surface area (Å²) in [6.45, 7) is 0. The predicted molar refractivity (Wildman–Crippen MR) is 89.1 cm³/mol. The maximum atomic E-state index is 12.5. The van der Waals surface area contributed by atoms with Crippen LogP contribution in [0.3, 0.4) is 0 Å². The largest absolute Gasteiger partial charge is 0.454 e. The molecule has 3 aromatic carbocycles. The molecule has 116 valence electrons. The van der Waals surface area contributed by atoms with Gasteiger partial charge in [0.15, 0.2) is 11.4 Å². The molecular weight excluding hydrogens is 302 g/mol. The zero-order valence-electron chi connectivity index (χ0n) is 12.7. The molecule has 0 fully saturated rings. The maximum absolute atomic E-state index is 12.5. The van der Waals surface area contributed by atoms with Crippen LogP contribution in [0.1, 0.15) is 27.0 Å². The first kappa shape index (κ1) is 13.2.